The summed E-state index contributed by atoms with van der Waals surface area (Å²) in [6.45, 7) is 0.549. The zero-order valence-electron chi connectivity index (χ0n) is 6.88. The molecule has 0 bridgehead atoms. The Bertz CT molecular complexity index is 372. The molecule has 13 heavy (non-hydrogen) atoms. The van der Waals surface area contributed by atoms with Crippen LogP contribution in [0.25, 0.3) is 5.65 Å². The molecule has 72 valence electrons. The van der Waals surface area contributed by atoms with Crippen LogP contribution in [-0.2, 0) is 6.54 Å². The number of imidazole rings is 1. The number of rotatable bonds is 1. The van der Waals surface area contributed by atoms with Gasteiger partial charge in [-0.15, -0.1) is 24.8 Å². The van der Waals surface area contributed by atoms with Gasteiger partial charge in [-0.25, -0.2) is 4.98 Å². The Labute approximate surface area is 88.8 Å². The van der Waals surface area contributed by atoms with Crippen molar-refractivity contribution in [2.24, 2.45) is 5.73 Å². The number of pyridine rings is 1. The summed E-state index contributed by atoms with van der Waals surface area (Å²) in [4.78, 5) is 4.13. The first kappa shape index (κ1) is 12.2. The van der Waals surface area contributed by atoms with E-state index in [1.165, 1.54) is 0 Å². The van der Waals surface area contributed by atoms with Crippen molar-refractivity contribution in [1.82, 2.24) is 9.38 Å². The number of nitrogens with zero attached hydrogens (tertiary/aromatic N) is 2. The van der Waals surface area contributed by atoms with E-state index in [1.54, 1.807) is 6.20 Å². The summed E-state index contributed by atoms with van der Waals surface area (Å²) in [5.41, 5.74) is 7.56. The van der Waals surface area contributed by atoms with Gasteiger partial charge in [0, 0.05) is 24.6 Å². The predicted molar refractivity (Wildman–Crippen MR) is 57.6 cm³/mol. The van der Waals surface area contributed by atoms with Gasteiger partial charge < -0.3 is 10.1 Å². The van der Waals surface area contributed by atoms with Crippen LogP contribution in [0.4, 0.5) is 0 Å². The lowest BCUT2D eigenvalue weighted by Crippen LogP contribution is -2.02. The number of hydrogen-bond acceptors (Lipinski definition) is 2. The molecule has 0 aliphatic heterocycles. The molecule has 2 N–H and O–H groups in total. The van der Waals surface area contributed by atoms with Crippen molar-refractivity contribution < 1.29 is 0 Å². The summed E-state index contributed by atoms with van der Waals surface area (Å²) in [7, 11) is 0. The molecule has 2 aromatic heterocycles. The molecule has 5 heteroatoms. The first-order valence-corrected chi connectivity index (χ1v) is 3.53. The van der Waals surface area contributed by atoms with E-state index in [4.69, 9.17) is 5.73 Å². The van der Waals surface area contributed by atoms with Crippen LogP contribution < -0.4 is 5.73 Å². The van der Waals surface area contributed by atoms with E-state index in [9.17, 15) is 0 Å². The van der Waals surface area contributed by atoms with E-state index in [0.29, 0.717) is 6.54 Å². The van der Waals surface area contributed by atoms with Crippen LogP contribution in [0.1, 0.15) is 5.69 Å². The van der Waals surface area contributed by atoms with E-state index in [1.807, 2.05) is 28.8 Å². The second kappa shape index (κ2) is 5.07. The topological polar surface area (TPSA) is 43.3 Å². The SMILES string of the molecule is Cl.Cl.NCc1cccc2nccn12. The third-order valence-corrected chi connectivity index (χ3v) is 1.72. The summed E-state index contributed by atoms with van der Waals surface area (Å²) in [6, 6.07) is 5.92. The number of aromatic nitrogens is 2. The lowest BCUT2D eigenvalue weighted by molar-refractivity contribution is 0.946. The smallest absolute Gasteiger partial charge is 0.136 e. The summed E-state index contributed by atoms with van der Waals surface area (Å²) in [5.74, 6) is 0. The van der Waals surface area contributed by atoms with Crippen molar-refractivity contribution in [1.29, 1.82) is 0 Å². The lowest BCUT2D eigenvalue weighted by atomic mass is 10.3. The van der Waals surface area contributed by atoms with Crippen LogP contribution in [-0.4, -0.2) is 9.38 Å². The molecular formula is C8H11Cl2N3. The molecule has 0 aliphatic carbocycles. The Morgan fingerprint density at radius 3 is 2.77 bits per heavy atom. The molecule has 0 aliphatic rings. The Morgan fingerprint density at radius 1 is 1.31 bits per heavy atom. The van der Waals surface area contributed by atoms with Gasteiger partial charge in [0.05, 0.1) is 0 Å². The highest BCUT2D eigenvalue weighted by molar-refractivity contribution is 5.85. The Kier molecular flexibility index (Phi) is 4.77. The molecule has 0 amide bonds. The second-order valence-corrected chi connectivity index (χ2v) is 2.38. The first-order chi connectivity index (χ1) is 5.42. The number of halogens is 2. The molecule has 0 fully saturated rings. The normalized spacial score (nSPS) is 9.00. The van der Waals surface area contributed by atoms with Gasteiger partial charge in [-0.1, -0.05) is 6.07 Å². The van der Waals surface area contributed by atoms with Crippen molar-refractivity contribution in [3.05, 3.63) is 36.3 Å². The van der Waals surface area contributed by atoms with Crippen molar-refractivity contribution in [3.8, 4) is 0 Å². The summed E-state index contributed by atoms with van der Waals surface area (Å²) in [6.07, 6.45) is 3.69. The van der Waals surface area contributed by atoms with Gasteiger partial charge in [0.1, 0.15) is 5.65 Å². The van der Waals surface area contributed by atoms with Gasteiger partial charge in [0.25, 0.3) is 0 Å². The van der Waals surface area contributed by atoms with Gasteiger partial charge >= 0.3 is 0 Å². The highest BCUT2D eigenvalue weighted by atomic mass is 35.5. The van der Waals surface area contributed by atoms with E-state index < -0.39 is 0 Å². The highest BCUT2D eigenvalue weighted by Crippen LogP contribution is 2.03. The van der Waals surface area contributed by atoms with Gasteiger partial charge in [-0.05, 0) is 12.1 Å². The molecule has 0 saturated carbocycles. The fourth-order valence-corrected chi connectivity index (χ4v) is 1.17. The average Bonchev–Trinajstić information content (AvgIpc) is 2.50. The molecule has 3 nitrogen and oxygen atoms in total. The third-order valence-electron chi connectivity index (χ3n) is 1.72. The van der Waals surface area contributed by atoms with Crippen molar-refractivity contribution in [2.45, 2.75) is 6.54 Å². The highest BCUT2D eigenvalue weighted by Gasteiger charge is 1.95. The minimum Gasteiger partial charge on any atom is -0.325 e. The summed E-state index contributed by atoms with van der Waals surface area (Å²) >= 11 is 0. The van der Waals surface area contributed by atoms with Crippen LogP contribution in [0, 0.1) is 0 Å². The third kappa shape index (κ3) is 2.12. The molecular weight excluding hydrogens is 209 g/mol. The zero-order chi connectivity index (χ0) is 7.68. The first-order valence-electron chi connectivity index (χ1n) is 3.53. The van der Waals surface area contributed by atoms with Crippen LogP contribution >= 0.6 is 24.8 Å². The van der Waals surface area contributed by atoms with E-state index >= 15 is 0 Å². The molecule has 0 unspecified atom stereocenters. The summed E-state index contributed by atoms with van der Waals surface area (Å²) < 4.78 is 1.99. The number of nitrogens with two attached hydrogens (primary N) is 1. The fourth-order valence-electron chi connectivity index (χ4n) is 1.17. The van der Waals surface area contributed by atoms with Gasteiger partial charge in [0.2, 0.25) is 0 Å². The summed E-state index contributed by atoms with van der Waals surface area (Å²) in [5, 5.41) is 0. The minimum absolute atomic E-state index is 0. The van der Waals surface area contributed by atoms with Gasteiger partial charge in [-0.2, -0.15) is 0 Å². The van der Waals surface area contributed by atoms with E-state index in [0.717, 1.165) is 11.3 Å². The Morgan fingerprint density at radius 2 is 2.08 bits per heavy atom. The maximum Gasteiger partial charge on any atom is 0.136 e. The minimum atomic E-state index is 0. The Balaban J connectivity index is 0.000000720. The van der Waals surface area contributed by atoms with Crippen LogP contribution in [0.15, 0.2) is 30.6 Å². The maximum atomic E-state index is 5.53. The van der Waals surface area contributed by atoms with Crippen molar-refractivity contribution in [3.63, 3.8) is 0 Å². The molecule has 0 atom stereocenters. The number of hydrogen-bond donors (Lipinski definition) is 1. The molecule has 0 aromatic carbocycles. The van der Waals surface area contributed by atoms with E-state index in [2.05, 4.69) is 4.98 Å². The molecule has 2 heterocycles. The largest absolute Gasteiger partial charge is 0.325 e. The monoisotopic (exact) mass is 219 g/mol. The van der Waals surface area contributed by atoms with Crippen LogP contribution in [0.3, 0.4) is 0 Å². The quantitative estimate of drug-likeness (QED) is 0.793. The molecule has 0 saturated heterocycles. The van der Waals surface area contributed by atoms with Gasteiger partial charge in [-0.3, -0.25) is 0 Å². The van der Waals surface area contributed by atoms with Crippen LogP contribution in [0.2, 0.25) is 0 Å². The lowest BCUT2D eigenvalue weighted by Gasteiger charge is -1.99. The average molecular weight is 220 g/mol. The Hall–Kier alpha value is -0.770. The maximum absolute atomic E-state index is 5.53. The second-order valence-electron chi connectivity index (χ2n) is 2.38. The fraction of sp³-hybridized carbons (Fsp3) is 0.125. The molecule has 2 rings (SSSR count). The number of fused-ring (bicyclic) bond motifs is 1. The van der Waals surface area contributed by atoms with E-state index in [-0.39, 0.29) is 24.8 Å². The molecule has 2 aromatic rings. The molecule has 0 spiro atoms. The van der Waals surface area contributed by atoms with Gasteiger partial charge in [0.15, 0.2) is 0 Å². The van der Waals surface area contributed by atoms with Crippen molar-refractivity contribution >= 4 is 30.5 Å². The van der Waals surface area contributed by atoms with Crippen LogP contribution in [0.5, 0.6) is 0 Å². The zero-order valence-corrected chi connectivity index (χ0v) is 8.52. The molecule has 0 radical (unpaired) electrons. The van der Waals surface area contributed by atoms with Crippen molar-refractivity contribution in [2.75, 3.05) is 0 Å². The predicted octanol–water partition coefficient (Wildman–Crippen LogP) is 1.64. The standard InChI is InChI=1S/C8H9N3.2ClH/c9-6-7-2-1-3-8-10-4-5-11(7)8;;/h1-5H,6,9H2;2*1H.